The Hall–Kier alpha value is -1.42. The predicted molar refractivity (Wildman–Crippen MR) is 105 cm³/mol. The van der Waals surface area contributed by atoms with Crippen LogP contribution in [0.5, 0.6) is 0 Å². The lowest BCUT2D eigenvalue weighted by atomic mass is 9.64. The molecule has 1 spiro atoms. The van der Waals surface area contributed by atoms with Crippen LogP contribution < -0.4 is 4.90 Å². The van der Waals surface area contributed by atoms with Crippen molar-refractivity contribution < 1.29 is 9.18 Å². The molecule has 3 aliphatic carbocycles. The highest BCUT2D eigenvalue weighted by Gasteiger charge is 2.46. The molecule has 0 radical (unpaired) electrons. The van der Waals surface area contributed by atoms with Crippen LogP contribution in [-0.2, 0) is 10.2 Å². The summed E-state index contributed by atoms with van der Waals surface area (Å²) in [6, 6.07) is 4.97. The molecule has 0 aromatic heterocycles. The van der Waals surface area contributed by atoms with Gasteiger partial charge in [-0.25, -0.2) is 4.39 Å². The zero-order chi connectivity index (χ0) is 18.6. The van der Waals surface area contributed by atoms with Crippen molar-refractivity contribution in [2.45, 2.75) is 57.3 Å². The van der Waals surface area contributed by atoms with Crippen LogP contribution >= 0.6 is 0 Å². The highest BCUT2D eigenvalue weighted by Crippen LogP contribution is 2.49. The number of hydrogen-bond donors (Lipinski definition) is 0. The number of benzene rings is 1. The first-order valence-corrected chi connectivity index (χ1v) is 10.8. The van der Waals surface area contributed by atoms with Gasteiger partial charge in [0.25, 0.3) is 0 Å². The van der Waals surface area contributed by atoms with E-state index in [4.69, 9.17) is 0 Å². The zero-order valence-electron chi connectivity index (χ0n) is 16.4. The summed E-state index contributed by atoms with van der Waals surface area (Å²) in [7, 11) is 0. The molecule has 1 aromatic rings. The number of piperidine rings is 1. The third-order valence-corrected chi connectivity index (χ3v) is 8.16. The van der Waals surface area contributed by atoms with Gasteiger partial charge in [0, 0.05) is 31.1 Å². The van der Waals surface area contributed by atoms with Crippen LogP contribution in [0.15, 0.2) is 18.2 Å². The number of halogens is 1. The second-order valence-corrected chi connectivity index (χ2v) is 9.62. The molecule has 1 aromatic carbocycles. The Balaban J connectivity index is 1.30. The lowest BCUT2D eigenvalue weighted by Gasteiger charge is -2.46. The van der Waals surface area contributed by atoms with Crippen LogP contribution in [0.4, 0.5) is 10.1 Å². The van der Waals surface area contributed by atoms with Crippen molar-refractivity contribution in [2.75, 3.05) is 31.1 Å². The van der Waals surface area contributed by atoms with Crippen molar-refractivity contribution in [3.63, 3.8) is 0 Å². The summed E-state index contributed by atoms with van der Waals surface area (Å²) in [5, 5.41) is 0. The van der Waals surface area contributed by atoms with Crippen molar-refractivity contribution in [3.8, 4) is 0 Å². The van der Waals surface area contributed by atoms with Crippen molar-refractivity contribution in [2.24, 2.45) is 17.8 Å². The molecule has 3 saturated carbocycles. The first-order chi connectivity index (χ1) is 13.0. The van der Waals surface area contributed by atoms with E-state index in [9.17, 15) is 9.18 Å². The highest BCUT2D eigenvalue weighted by atomic mass is 19.1. The fraction of sp³-hybridized carbons (Fsp3) is 0.696. The molecule has 1 saturated heterocycles. The van der Waals surface area contributed by atoms with Gasteiger partial charge in [-0.3, -0.25) is 4.79 Å². The summed E-state index contributed by atoms with van der Waals surface area (Å²) in [5.74, 6) is 2.73. The van der Waals surface area contributed by atoms with E-state index < -0.39 is 0 Å². The molecule has 4 heteroatoms. The Morgan fingerprint density at radius 3 is 2.56 bits per heavy atom. The molecule has 5 aliphatic rings. The van der Waals surface area contributed by atoms with E-state index in [1.54, 1.807) is 19.1 Å². The Morgan fingerprint density at radius 2 is 1.93 bits per heavy atom. The van der Waals surface area contributed by atoms with Crippen molar-refractivity contribution in [3.05, 3.63) is 29.6 Å². The van der Waals surface area contributed by atoms with E-state index >= 15 is 0 Å². The average molecular weight is 371 g/mol. The van der Waals surface area contributed by atoms with E-state index in [1.807, 2.05) is 4.90 Å². The minimum Gasteiger partial charge on any atom is -0.311 e. The number of fused-ring (bicyclic) bond motifs is 5. The summed E-state index contributed by atoms with van der Waals surface area (Å²) >= 11 is 0. The Labute approximate surface area is 161 Å². The van der Waals surface area contributed by atoms with Crippen LogP contribution in [0.3, 0.4) is 0 Å². The molecule has 1 amide bonds. The van der Waals surface area contributed by atoms with Crippen LogP contribution in [0.1, 0.15) is 57.4 Å². The summed E-state index contributed by atoms with van der Waals surface area (Å²) in [5.41, 5.74) is 1.95. The molecular formula is C23H31FN2O. The molecule has 146 valence electrons. The monoisotopic (exact) mass is 370 g/mol. The molecule has 2 bridgehead atoms. The smallest absolute Gasteiger partial charge is 0.223 e. The lowest BCUT2D eigenvalue weighted by Crippen LogP contribution is -2.48. The second kappa shape index (κ2) is 6.58. The first kappa shape index (κ1) is 17.7. The number of nitrogens with zero attached hydrogens (tertiary/aromatic N) is 2. The third kappa shape index (κ3) is 3.00. The molecule has 6 rings (SSSR count). The number of carbonyl (C=O) groups excluding carboxylic acids is 1. The molecule has 2 heterocycles. The fourth-order valence-corrected chi connectivity index (χ4v) is 6.58. The van der Waals surface area contributed by atoms with Gasteiger partial charge in [0.2, 0.25) is 5.91 Å². The van der Waals surface area contributed by atoms with Crippen molar-refractivity contribution in [1.29, 1.82) is 0 Å². The molecule has 2 aliphatic heterocycles. The maximum Gasteiger partial charge on any atom is 0.223 e. The highest BCUT2D eigenvalue weighted by molar-refractivity contribution is 5.94. The molecular weight excluding hydrogens is 339 g/mol. The van der Waals surface area contributed by atoms with Gasteiger partial charge in [-0.2, -0.15) is 0 Å². The maximum atomic E-state index is 14.0. The van der Waals surface area contributed by atoms with Crippen LogP contribution in [0.2, 0.25) is 0 Å². The van der Waals surface area contributed by atoms with E-state index in [0.717, 1.165) is 61.5 Å². The van der Waals surface area contributed by atoms with Crippen molar-refractivity contribution in [1.82, 2.24) is 4.90 Å². The molecule has 3 nitrogen and oxygen atoms in total. The molecule has 27 heavy (non-hydrogen) atoms. The number of amides is 1. The largest absolute Gasteiger partial charge is 0.311 e. The van der Waals surface area contributed by atoms with Crippen LogP contribution in [0, 0.1) is 23.6 Å². The molecule has 1 atom stereocenters. The number of anilines is 1. The second-order valence-electron chi connectivity index (χ2n) is 9.62. The number of likely N-dealkylation sites (tertiary alicyclic amines) is 1. The number of carbonyl (C=O) groups is 1. The van der Waals surface area contributed by atoms with Gasteiger partial charge in [-0.15, -0.1) is 0 Å². The van der Waals surface area contributed by atoms with Gasteiger partial charge < -0.3 is 9.80 Å². The van der Waals surface area contributed by atoms with Crippen LogP contribution in [-0.4, -0.2) is 37.0 Å². The number of hydrogen-bond acceptors (Lipinski definition) is 2. The fourth-order valence-electron chi connectivity index (χ4n) is 6.58. The average Bonchev–Trinajstić information content (AvgIpc) is 2.99. The Bertz CT molecular complexity index is 732. The first-order valence-electron chi connectivity index (χ1n) is 10.8. The topological polar surface area (TPSA) is 23.6 Å². The SMILES string of the molecule is CC(=O)N1CC2(CCN(CC3CC4CCC3CC4)CC2)c2cc(F)ccc21. The van der Waals surface area contributed by atoms with Crippen LogP contribution in [0.25, 0.3) is 0 Å². The van der Waals surface area contributed by atoms with Gasteiger partial charge >= 0.3 is 0 Å². The summed E-state index contributed by atoms with van der Waals surface area (Å²) in [4.78, 5) is 16.7. The standard InChI is InChI=1S/C23H31FN2O/c1-16(27)26-15-23(21-13-20(24)6-7-22(21)26)8-10-25(11-9-23)14-19-12-17-2-4-18(19)5-3-17/h6-7,13,17-19H,2-5,8-12,14-15H2,1H3. The molecule has 1 unspecified atom stereocenters. The van der Waals surface area contributed by atoms with Gasteiger partial charge in [-0.05, 0) is 86.7 Å². The predicted octanol–water partition coefficient (Wildman–Crippen LogP) is 4.35. The van der Waals surface area contributed by atoms with E-state index in [-0.39, 0.29) is 17.1 Å². The minimum atomic E-state index is -0.181. The van der Waals surface area contributed by atoms with Crippen molar-refractivity contribution >= 4 is 11.6 Å². The summed E-state index contributed by atoms with van der Waals surface area (Å²) < 4.78 is 14.0. The molecule has 0 N–H and O–H groups in total. The van der Waals surface area contributed by atoms with E-state index in [1.165, 1.54) is 44.7 Å². The Morgan fingerprint density at radius 1 is 1.19 bits per heavy atom. The third-order valence-electron chi connectivity index (χ3n) is 8.16. The normalized spacial score (nSPS) is 32.1. The molecule has 4 fully saturated rings. The van der Waals surface area contributed by atoms with Gasteiger partial charge in [0.15, 0.2) is 0 Å². The minimum absolute atomic E-state index is 0.0504. The zero-order valence-corrected chi connectivity index (χ0v) is 16.4. The quantitative estimate of drug-likeness (QED) is 0.773. The van der Waals surface area contributed by atoms with Gasteiger partial charge in [0.1, 0.15) is 5.82 Å². The number of rotatable bonds is 2. The lowest BCUT2D eigenvalue weighted by molar-refractivity contribution is -0.116. The van der Waals surface area contributed by atoms with Gasteiger partial charge in [-0.1, -0.05) is 12.8 Å². The van der Waals surface area contributed by atoms with E-state index in [2.05, 4.69) is 4.90 Å². The summed E-state index contributed by atoms with van der Waals surface area (Å²) in [6.07, 6.45) is 9.35. The van der Waals surface area contributed by atoms with Gasteiger partial charge in [0.05, 0.1) is 0 Å². The maximum absolute atomic E-state index is 14.0. The summed E-state index contributed by atoms with van der Waals surface area (Å²) in [6.45, 7) is 5.76. The van der Waals surface area contributed by atoms with E-state index in [0.29, 0.717) is 0 Å². The Kier molecular flexibility index (Phi) is 4.30.